The smallest absolute Gasteiger partial charge is 0.251 e. The molecular formula is C23H30N2O2. The molecule has 1 heterocycles. The first kappa shape index (κ1) is 19.4. The van der Waals surface area contributed by atoms with Crippen LogP contribution in [0.1, 0.15) is 42.6 Å². The number of amides is 1. The molecule has 1 fully saturated rings. The lowest BCUT2D eigenvalue weighted by Crippen LogP contribution is -2.45. The summed E-state index contributed by atoms with van der Waals surface area (Å²) in [5.41, 5.74) is 1.76. The molecule has 2 aromatic carbocycles. The Balaban J connectivity index is 1.45. The van der Waals surface area contributed by atoms with Gasteiger partial charge in [-0.3, -0.25) is 4.79 Å². The van der Waals surface area contributed by atoms with E-state index in [1.165, 1.54) is 0 Å². The molecule has 0 aromatic heterocycles. The summed E-state index contributed by atoms with van der Waals surface area (Å²) in [6.45, 7) is 8.29. The molecule has 1 aliphatic rings. The second-order valence-corrected chi connectivity index (χ2v) is 7.74. The maximum Gasteiger partial charge on any atom is 0.251 e. The second-order valence-electron chi connectivity index (χ2n) is 7.74. The minimum atomic E-state index is 0.0211. The third-order valence-corrected chi connectivity index (χ3v) is 4.91. The number of benzene rings is 2. The van der Waals surface area contributed by atoms with E-state index in [2.05, 4.69) is 24.1 Å². The second kappa shape index (κ2) is 9.56. The number of para-hydroxylation sites is 1. The molecule has 0 bridgehead atoms. The average Bonchev–Trinajstić information content (AvgIpc) is 2.69. The summed E-state index contributed by atoms with van der Waals surface area (Å²) in [4.78, 5) is 15.0. The van der Waals surface area contributed by atoms with Gasteiger partial charge in [0.05, 0.1) is 0 Å². The molecule has 27 heavy (non-hydrogen) atoms. The number of hydrogen-bond acceptors (Lipinski definition) is 3. The number of nitrogens with zero attached hydrogens (tertiary/aromatic N) is 1. The number of rotatable bonds is 7. The number of hydrogen-bond donors (Lipinski definition) is 1. The Hall–Kier alpha value is -2.33. The lowest BCUT2D eigenvalue weighted by molar-refractivity contribution is 0.0907. The minimum absolute atomic E-state index is 0.0211. The van der Waals surface area contributed by atoms with Crippen LogP contribution in [0.2, 0.25) is 0 Å². The first-order valence-corrected chi connectivity index (χ1v) is 9.90. The predicted molar refractivity (Wildman–Crippen MR) is 109 cm³/mol. The highest BCUT2D eigenvalue weighted by molar-refractivity contribution is 5.94. The van der Waals surface area contributed by atoms with E-state index in [0.29, 0.717) is 18.1 Å². The summed E-state index contributed by atoms with van der Waals surface area (Å²) >= 11 is 0. The van der Waals surface area contributed by atoms with Gasteiger partial charge in [0.2, 0.25) is 0 Å². The Labute approximate surface area is 162 Å². The molecule has 0 atom stereocenters. The van der Waals surface area contributed by atoms with E-state index in [1.54, 1.807) is 0 Å². The first-order chi connectivity index (χ1) is 13.1. The lowest BCUT2D eigenvalue weighted by Gasteiger charge is -2.33. The molecule has 0 saturated carbocycles. The fraction of sp³-hybridized carbons (Fsp3) is 0.435. The Morgan fingerprint density at radius 1 is 1.07 bits per heavy atom. The molecule has 4 heteroatoms. The van der Waals surface area contributed by atoms with Crippen molar-refractivity contribution in [3.63, 3.8) is 0 Å². The molecule has 1 amide bonds. The molecule has 4 nitrogen and oxygen atoms in total. The van der Waals surface area contributed by atoms with Crippen molar-refractivity contribution in [1.29, 1.82) is 0 Å². The highest BCUT2D eigenvalue weighted by atomic mass is 16.5. The molecule has 1 saturated heterocycles. The predicted octanol–water partition coefficient (Wildman–Crippen LogP) is 4.12. The Bertz CT molecular complexity index is 705. The fourth-order valence-electron chi connectivity index (χ4n) is 3.48. The molecular weight excluding hydrogens is 336 g/mol. The summed E-state index contributed by atoms with van der Waals surface area (Å²) in [6.07, 6.45) is 2.06. The number of carbonyl (C=O) groups excluding carboxylic acids is 1. The van der Waals surface area contributed by atoms with Crippen LogP contribution in [-0.2, 0) is 6.61 Å². The molecule has 3 rings (SSSR count). The SMILES string of the molecule is CC(C)CN1CCC(NC(=O)c2ccc(COc3ccccc3)cc2)CC1. The van der Waals surface area contributed by atoms with Crippen LogP contribution in [0.5, 0.6) is 5.75 Å². The van der Waals surface area contributed by atoms with Crippen molar-refractivity contribution < 1.29 is 9.53 Å². The van der Waals surface area contributed by atoms with Gasteiger partial charge >= 0.3 is 0 Å². The number of ether oxygens (including phenoxy) is 1. The van der Waals surface area contributed by atoms with Crippen LogP contribution in [0.4, 0.5) is 0 Å². The zero-order valence-electron chi connectivity index (χ0n) is 16.4. The molecule has 0 spiro atoms. The van der Waals surface area contributed by atoms with E-state index < -0.39 is 0 Å². The molecule has 0 radical (unpaired) electrons. The van der Waals surface area contributed by atoms with Gasteiger partial charge in [0.15, 0.2) is 0 Å². The average molecular weight is 367 g/mol. The van der Waals surface area contributed by atoms with Crippen molar-refractivity contribution in [3.8, 4) is 5.75 Å². The zero-order chi connectivity index (χ0) is 19.1. The van der Waals surface area contributed by atoms with Gasteiger partial charge < -0.3 is 15.0 Å². The standard InChI is InChI=1S/C23H30N2O2/c1-18(2)16-25-14-12-21(13-15-25)24-23(26)20-10-8-19(9-11-20)17-27-22-6-4-3-5-7-22/h3-11,18,21H,12-17H2,1-2H3,(H,24,26). The third kappa shape index (κ3) is 6.10. The number of nitrogens with one attached hydrogen (secondary N) is 1. The van der Waals surface area contributed by atoms with E-state index in [1.807, 2.05) is 54.6 Å². The number of piperidine rings is 1. The fourth-order valence-corrected chi connectivity index (χ4v) is 3.48. The van der Waals surface area contributed by atoms with Crippen LogP contribution >= 0.6 is 0 Å². The highest BCUT2D eigenvalue weighted by Crippen LogP contribution is 2.14. The maximum atomic E-state index is 12.5. The third-order valence-electron chi connectivity index (χ3n) is 4.91. The maximum absolute atomic E-state index is 12.5. The number of likely N-dealkylation sites (tertiary alicyclic amines) is 1. The summed E-state index contributed by atoms with van der Waals surface area (Å²) < 4.78 is 5.75. The summed E-state index contributed by atoms with van der Waals surface area (Å²) in [5.74, 6) is 1.57. The van der Waals surface area contributed by atoms with Gasteiger partial charge in [-0.15, -0.1) is 0 Å². The molecule has 0 unspecified atom stereocenters. The van der Waals surface area contributed by atoms with E-state index in [9.17, 15) is 4.79 Å². The topological polar surface area (TPSA) is 41.6 Å². The van der Waals surface area contributed by atoms with Gasteiger partial charge in [0, 0.05) is 31.2 Å². The van der Waals surface area contributed by atoms with E-state index in [0.717, 1.165) is 43.8 Å². The van der Waals surface area contributed by atoms with Crippen LogP contribution in [0.25, 0.3) is 0 Å². The minimum Gasteiger partial charge on any atom is -0.489 e. The van der Waals surface area contributed by atoms with Crippen LogP contribution < -0.4 is 10.1 Å². The van der Waals surface area contributed by atoms with Crippen molar-refractivity contribution in [1.82, 2.24) is 10.2 Å². The van der Waals surface area contributed by atoms with Crippen LogP contribution in [-0.4, -0.2) is 36.5 Å². The molecule has 2 aromatic rings. The van der Waals surface area contributed by atoms with E-state index in [-0.39, 0.29) is 11.9 Å². The van der Waals surface area contributed by atoms with Gasteiger partial charge in [0.1, 0.15) is 12.4 Å². The van der Waals surface area contributed by atoms with Crippen molar-refractivity contribution in [2.75, 3.05) is 19.6 Å². The van der Waals surface area contributed by atoms with Gasteiger partial charge in [-0.1, -0.05) is 44.2 Å². The molecule has 0 aliphatic carbocycles. The summed E-state index contributed by atoms with van der Waals surface area (Å²) in [6, 6.07) is 17.7. The Kier molecular flexibility index (Phi) is 6.88. The number of carbonyl (C=O) groups is 1. The zero-order valence-corrected chi connectivity index (χ0v) is 16.4. The van der Waals surface area contributed by atoms with Crippen LogP contribution in [0, 0.1) is 5.92 Å². The summed E-state index contributed by atoms with van der Waals surface area (Å²) in [7, 11) is 0. The van der Waals surface area contributed by atoms with E-state index >= 15 is 0 Å². The van der Waals surface area contributed by atoms with Crippen LogP contribution in [0.3, 0.4) is 0 Å². The first-order valence-electron chi connectivity index (χ1n) is 9.90. The van der Waals surface area contributed by atoms with E-state index in [4.69, 9.17) is 4.74 Å². The molecule has 1 aliphatic heterocycles. The van der Waals surface area contributed by atoms with Gasteiger partial charge in [-0.2, -0.15) is 0 Å². The Morgan fingerprint density at radius 2 is 1.74 bits per heavy atom. The van der Waals surface area contributed by atoms with Gasteiger partial charge in [-0.05, 0) is 48.6 Å². The van der Waals surface area contributed by atoms with Crippen molar-refractivity contribution in [2.45, 2.75) is 39.3 Å². The van der Waals surface area contributed by atoms with Crippen molar-refractivity contribution in [2.24, 2.45) is 5.92 Å². The summed E-state index contributed by atoms with van der Waals surface area (Å²) in [5, 5.41) is 3.19. The lowest BCUT2D eigenvalue weighted by atomic mass is 10.0. The van der Waals surface area contributed by atoms with Crippen molar-refractivity contribution >= 4 is 5.91 Å². The Morgan fingerprint density at radius 3 is 2.37 bits per heavy atom. The quantitative estimate of drug-likeness (QED) is 0.802. The largest absolute Gasteiger partial charge is 0.489 e. The molecule has 1 N–H and O–H groups in total. The normalized spacial score (nSPS) is 15.7. The van der Waals surface area contributed by atoms with Crippen LogP contribution in [0.15, 0.2) is 54.6 Å². The monoisotopic (exact) mass is 366 g/mol. The molecule has 144 valence electrons. The highest BCUT2D eigenvalue weighted by Gasteiger charge is 2.21. The van der Waals surface area contributed by atoms with Gasteiger partial charge in [-0.25, -0.2) is 0 Å². The van der Waals surface area contributed by atoms with Crippen molar-refractivity contribution in [3.05, 3.63) is 65.7 Å². The van der Waals surface area contributed by atoms with Gasteiger partial charge in [0.25, 0.3) is 5.91 Å².